The van der Waals surface area contributed by atoms with Gasteiger partial charge in [0.1, 0.15) is 0 Å². The molecule has 0 saturated carbocycles. The molecular formula is C18H15F5N2O2. The standard InChI is InChI=1S/C18H15F5N2O2/c1-11(26)25(16-5-3-2-4-13(16)18(21,22)23)9-8-24-17(27)12-6-7-14(19)15(20)10-12/h2-7,10H,8-9H2,1H3,(H,24,27). The zero-order valence-electron chi connectivity index (χ0n) is 14.1. The maximum absolute atomic E-state index is 13.2. The molecule has 0 fully saturated rings. The van der Waals surface area contributed by atoms with Crippen molar-refractivity contribution in [3.8, 4) is 0 Å². The van der Waals surface area contributed by atoms with Gasteiger partial charge < -0.3 is 10.2 Å². The topological polar surface area (TPSA) is 49.4 Å². The van der Waals surface area contributed by atoms with Crippen LogP contribution in [-0.2, 0) is 11.0 Å². The molecule has 27 heavy (non-hydrogen) atoms. The quantitative estimate of drug-likeness (QED) is 0.796. The first-order valence-corrected chi connectivity index (χ1v) is 7.79. The Bertz CT molecular complexity index is 852. The maximum atomic E-state index is 13.2. The SMILES string of the molecule is CC(=O)N(CCNC(=O)c1ccc(F)c(F)c1)c1ccccc1C(F)(F)F. The van der Waals surface area contributed by atoms with Crippen LogP contribution in [0.4, 0.5) is 27.6 Å². The van der Waals surface area contributed by atoms with E-state index < -0.39 is 35.2 Å². The molecule has 0 aliphatic rings. The normalized spacial score (nSPS) is 11.2. The number of hydrogen-bond donors (Lipinski definition) is 1. The molecule has 0 aliphatic heterocycles. The van der Waals surface area contributed by atoms with Crippen molar-refractivity contribution in [3.63, 3.8) is 0 Å². The summed E-state index contributed by atoms with van der Waals surface area (Å²) in [6.07, 6.45) is -4.65. The summed E-state index contributed by atoms with van der Waals surface area (Å²) < 4.78 is 65.5. The van der Waals surface area contributed by atoms with E-state index in [9.17, 15) is 31.5 Å². The molecule has 2 rings (SSSR count). The van der Waals surface area contributed by atoms with E-state index in [1.54, 1.807) is 0 Å². The van der Waals surface area contributed by atoms with Crippen molar-refractivity contribution in [1.82, 2.24) is 5.32 Å². The van der Waals surface area contributed by atoms with Gasteiger partial charge in [-0.05, 0) is 30.3 Å². The molecule has 0 bridgehead atoms. The highest BCUT2D eigenvalue weighted by atomic mass is 19.4. The monoisotopic (exact) mass is 386 g/mol. The second-order valence-electron chi connectivity index (χ2n) is 5.57. The maximum Gasteiger partial charge on any atom is 0.418 e. The van der Waals surface area contributed by atoms with E-state index in [1.165, 1.54) is 12.1 Å². The number of benzene rings is 2. The van der Waals surface area contributed by atoms with E-state index >= 15 is 0 Å². The Morgan fingerprint density at radius 2 is 1.70 bits per heavy atom. The summed E-state index contributed by atoms with van der Waals surface area (Å²) in [5.41, 5.74) is -1.47. The molecule has 0 unspecified atom stereocenters. The molecule has 144 valence electrons. The molecular weight excluding hydrogens is 371 g/mol. The van der Waals surface area contributed by atoms with E-state index in [-0.39, 0.29) is 24.3 Å². The highest BCUT2D eigenvalue weighted by Gasteiger charge is 2.35. The summed E-state index contributed by atoms with van der Waals surface area (Å²) >= 11 is 0. The van der Waals surface area contributed by atoms with Crippen molar-refractivity contribution in [2.75, 3.05) is 18.0 Å². The summed E-state index contributed by atoms with van der Waals surface area (Å²) in [5.74, 6) is -3.71. The lowest BCUT2D eigenvalue weighted by Crippen LogP contribution is -2.38. The molecule has 0 atom stereocenters. The number of anilines is 1. The van der Waals surface area contributed by atoms with Crippen LogP contribution in [0.15, 0.2) is 42.5 Å². The van der Waals surface area contributed by atoms with Crippen molar-refractivity contribution < 1.29 is 31.5 Å². The van der Waals surface area contributed by atoms with Crippen LogP contribution in [0, 0.1) is 11.6 Å². The molecule has 2 aromatic rings. The number of nitrogens with one attached hydrogen (secondary N) is 1. The van der Waals surface area contributed by atoms with Crippen molar-refractivity contribution in [2.24, 2.45) is 0 Å². The van der Waals surface area contributed by atoms with Gasteiger partial charge in [0, 0.05) is 25.6 Å². The third-order valence-corrected chi connectivity index (χ3v) is 3.68. The number of nitrogens with zero attached hydrogens (tertiary/aromatic N) is 1. The summed E-state index contributed by atoms with van der Waals surface area (Å²) in [6.45, 7) is 0.672. The lowest BCUT2D eigenvalue weighted by atomic mass is 10.1. The Hall–Kier alpha value is -2.97. The Morgan fingerprint density at radius 3 is 2.30 bits per heavy atom. The zero-order chi connectivity index (χ0) is 20.2. The van der Waals surface area contributed by atoms with Gasteiger partial charge in [-0.15, -0.1) is 0 Å². The summed E-state index contributed by atoms with van der Waals surface area (Å²) in [6, 6.07) is 7.12. The van der Waals surface area contributed by atoms with E-state index in [4.69, 9.17) is 0 Å². The van der Waals surface area contributed by atoms with Crippen molar-refractivity contribution in [1.29, 1.82) is 0 Å². The minimum Gasteiger partial charge on any atom is -0.350 e. The molecule has 0 aliphatic carbocycles. The number of amides is 2. The van der Waals surface area contributed by atoms with E-state index in [1.807, 2.05) is 0 Å². The molecule has 0 radical (unpaired) electrons. The number of carbonyl (C=O) groups excluding carboxylic acids is 2. The van der Waals surface area contributed by atoms with Gasteiger partial charge in [-0.2, -0.15) is 13.2 Å². The predicted molar refractivity (Wildman–Crippen MR) is 88.2 cm³/mol. The summed E-state index contributed by atoms with van der Waals surface area (Å²) in [7, 11) is 0. The second kappa shape index (κ2) is 8.15. The van der Waals surface area contributed by atoms with Gasteiger partial charge in [0.2, 0.25) is 5.91 Å². The van der Waals surface area contributed by atoms with Gasteiger partial charge in [-0.3, -0.25) is 9.59 Å². The molecule has 0 spiro atoms. The fourth-order valence-corrected chi connectivity index (χ4v) is 2.42. The van der Waals surface area contributed by atoms with Crippen LogP contribution >= 0.6 is 0 Å². The van der Waals surface area contributed by atoms with Crippen LogP contribution in [0.2, 0.25) is 0 Å². The first-order chi connectivity index (χ1) is 12.6. The largest absolute Gasteiger partial charge is 0.418 e. The van der Waals surface area contributed by atoms with E-state index in [2.05, 4.69) is 5.32 Å². The van der Waals surface area contributed by atoms with Gasteiger partial charge in [0.05, 0.1) is 11.3 Å². The average molecular weight is 386 g/mol. The Labute approximate surface area is 151 Å². The number of para-hydroxylation sites is 1. The van der Waals surface area contributed by atoms with Crippen LogP contribution in [0.5, 0.6) is 0 Å². The highest BCUT2D eigenvalue weighted by molar-refractivity contribution is 5.95. The van der Waals surface area contributed by atoms with Crippen molar-refractivity contribution in [2.45, 2.75) is 13.1 Å². The Morgan fingerprint density at radius 1 is 1.04 bits per heavy atom. The molecule has 9 heteroatoms. The molecule has 0 heterocycles. The number of rotatable bonds is 5. The minimum absolute atomic E-state index is 0.154. The second-order valence-corrected chi connectivity index (χ2v) is 5.57. The molecule has 0 saturated heterocycles. The first kappa shape index (κ1) is 20.3. The van der Waals surface area contributed by atoms with E-state index in [0.717, 1.165) is 36.1 Å². The molecule has 2 aromatic carbocycles. The van der Waals surface area contributed by atoms with E-state index in [0.29, 0.717) is 6.07 Å². The minimum atomic E-state index is -4.65. The van der Waals surface area contributed by atoms with Crippen molar-refractivity contribution >= 4 is 17.5 Å². The highest BCUT2D eigenvalue weighted by Crippen LogP contribution is 2.36. The Kier molecular flexibility index (Phi) is 6.14. The lowest BCUT2D eigenvalue weighted by molar-refractivity contribution is -0.137. The fourth-order valence-electron chi connectivity index (χ4n) is 2.42. The lowest BCUT2D eigenvalue weighted by Gasteiger charge is -2.25. The third-order valence-electron chi connectivity index (χ3n) is 3.68. The Balaban J connectivity index is 2.11. The van der Waals surface area contributed by atoms with Crippen LogP contribution in [0.3, 0.4) is 0 Å². The smallest absolute Gasteiger partial charge is 0.350 e. The molecule has 2 amide bonds. The molecule has 4 nitrogen and oxygen atoms in total. The van der Waals surface area contributed by atoms with Crippen molar-refractivity contribution in [3.05, 3.63) is 65.2 Å². The predicted octanol–water partition coefficient (Wildman–Crippen LogP) is 3.77. The molecule has 0 aromatic heterocycles. The van der Waals surface area contributed by atoms with Crippen LogP contribution < -0.4 is 10.2 Å². The number of carbonyl (C=O) groups is 2. The summed E-state index contributed by atoms with van der Waals surface area (Å²) in [4.78, 5) is 24.6. The first-order valence-electron chi connectivity index (χ1n) is 7.79. The van der Waals surface area contributed by atoms with Gasteiger partial charge in [-0.25, -0.2) is 8.78 Å². The number of hydrogen-bond acceptors (Lipinski definition) is 2. The van der Waals surface area contributed by atoms with Gasteiger partial charge in [0.15, 0.2) is 11.6 Å². The average Bonchev–Trinajstić information content (AvgIpc) is 2.60. The number of halogens is 5. The zero-order valence-corrected chi connectivity index (χ0v) is 14.1. The van der Waals surface area contributed by atoms with Crippen LogP contribution in [-0.4, -0.2) is 24.9 Å². The third kappa shape index (κ3) is 5.02. The fraction of sp³-hybridized carbons (Fsp3) is 0.222. The van der Waals surface area contributed by atoms with Gasteiger partial charge in [0.25, 0.3) is 5.91 Å². The number of alkyl halides is 3. The van der Waals surface area contributed by atoms with Gasteiger partial charge >= 0.3 is 6.18 Å². The van der Waals surface area contributed by atoms with Gasteiger partial charge in [-0.1, -0.05) is 12.1 Å². The van der Waals surface area contributed by atoms with Crippen LogP contribution in [0.1, 0.15) is 22.8 Å². The van der Waals surface area contributed by atoms with Crippen LogP contribution in [0.25, 0.3) is 0 Å². The molecule has 1 N–H and O–H groups in total. The summed E-state index contributed by atoms with van der Waals surface area (Å²) in [5, 5.41) is 2.36.